The van der Waals surface area contributed by atoms with Crippen LogP contribution in [-0.2, 0) is 0 Å². The number of nitrogens with zero attached hydrogens (tertiary/aromatic N) is 2. The van der Waals surface area contributed by atoms with E-state index in [1.807, 2.05) is 0 Å². The van der Waals surface area contributed by atoms with Gasteiger partial charge in [-0.1, -0.05) is 156 Å². The van der Waals surface area contributed by atoms with Crippen molar-refractivity contribution in [2.24, 2.45) is 0 Å². The average molecular weight is 491 g/mol. The predicted octanol–water partition coefficient (Wildman–Crippen LogP) is 11.2. The van der Waals surface area contributed by atoms with Gasteiger partial charge in [-0.15, -0.1) is 0 Å². The summed E-state index contributed by atoms with van der Waals surface area (Å²) in [5, 5.41) is 0. The average Bonchev–Trinajstić information content (AvgIpc) is 3.25. The molecule has 0 aromatic carbocycles. The molecule has 0 radical (unpaired) electrons. The molecule has 1 rings (SSSR count). The molecule has 35 heavy (non-hydrogen) atoms. The van der Waals surface area contributed by atoms with Gasteiger partial charge >= 0.3 is 0 Å². The summed E-state index contributed by atoms with van der Waals surface area (Å²) in [6.45, 7) is 9.44. The van der Waals surface area contributed by atoms with E-state index in [0.717, 1.165) is 0 Å². The fraction of sp³-hybridized carbons (Fsp3) is 0.939. The standard InChI is InChI=1S/C33H66N2/c1-4-7-10-12-14-15-16-17-18-19-20-21-22-23-25-27-30-35-32-31-34(29-9-6-3)33(35)28-26-24-13-11-8-5-2/h31-33H,4-30H2,1-3H3. The van der Waals surface area contributed by atoms with Crippen molar-refractivity contribution in [2.45, 2.75) is 187 Å². The van der Waals surface area contributed by atoms with E-state index in [-0.39, 0.29) is 0 Å². The molecule has 0 saturated carbocycles. The van der Waals surface area contributed by atoms with E-state index in [1.54, 1.807) is 0 Å². The summed E-state index contributed by atoms with van der Waals surface area (Å²) in [7, 11) is 0. The largest absolute Gasteiger partial charge is 0.356 e. The minimum atomic E-state index is 0.643. The highest BCUT2D eigenvalue weighted by Crippen LogP contribution is 2.23. The van der Waals surface area contributed by atoms with Gasteiger partial charge in [0, 0.05) is 25.5 Å². The molecule has 0 bridgehead atoms. The highest BCUT2D eigenvalue weighted by Gasteiger charge is 2.24. The Labute approximate surface area is 222 Å². The minimum Gasteiger partial charge on any atom is -0.356 e. The summed E-state index contributed by atoms with van der Waals surface area (Å²) >= 11 is 0. The molecular weight excluding hydrogens is 424 g/mol. The zero-order valence-electron chi connectivity index (χ0n) is 24.7. The molecule has 208 valence electrons. The Morgan fingerprint density at radius 1 is 0.371 bits per heavy atom. The summed E-state index contributed by atoms with van der Waals surface area (Å²) in [6, 6.07) is 0. The van der Waals surface area contributed by atoms with E-state index >= 15 is 0 Å². The van der Waals surface area contributed by atoms with Gasteiger partial charge in [0.1, 0.15) is 6.17 Å². The van der Waals surface area contributed by atoms with Crippen LogP contribution in [0.3, 0.4) is 0 Å². The van der Waals surface area contributed by atoms with Crippen LogP contribution in [0.5, 0.6) is 0 Å². The smallest absolute Gasteiger partial charge is 0.101 e. The van der Waals surface area contributed by atoms with E-state index in [9.17, 15) is 0 Å². The number of hydrogen-bond donors (Lipinski definition) is 0. The lowest BCUT2D eigenvalue weighted by Crippen LogP contribution is -2.39. The highest BCUT2D eigenvalue weighted by molar-refractivity contribution is 4.96. The summed E-state index contributed by atoms with van der Waals surface area (Å²) in [4.78, 5) is 5.31. The first-order valence-electron chi connectivity index (χ1n) is 16.5. The first-order valence-corrected chi connectivity index (χ1v) is 16.5. The van der Waals surface area contributed by atoms with Crippen LogP contribution in [0.15, 0.2) is 12.4 Å². The molecule has 1 heterocycles. The fourth-order valence-electron chi connectivity index (χ4n) is 5.63. The molecule has 0 saturated heterocycles. The molecule has 0 amide bonds. The molecule has 1 atom stereocenters. The lowest BCUT2D eigenvalue weighted by molar-refractivity contribution is 0.136. The molecule has 0 fully saturated rings. The van der Waals surface area contributed by atoms with E-state index in [4.69, 9.17) is 0 Å². The van der Waals surface area contributed by atoms with Crippen molar-refractivity contribution in [3.63, 3.8) is 0 Å². The van der Waals surface area contributed by atoms with Crippen LogP contribution in [0.1, 0.15) is 181 Å². The highest BCUT2D eigenvalue weighted by atomic mass is 15.4. The van der Waals surface area contributed by atoms with Gasteiger partial charge < -0.3 is 9.80 Å². The maximum Gasteiger partial charge on any atom is 0.101 e. The molecule has 0 N–H and O–H groups in total. The van der Waals surface area contributed by atoms with Crippen LogP contribution in [0.25, 0.3) is 0 Å². The molecule has 0 aromatic rings. The van der Waals surface area contributed by atoms with Gasteiger partial charge in [0.2, 0.25) is 0 Å². The molecule has 0 spiro atoms. The van der Waals surface area contributed by atoms with Crippen LogP contribution < -0.4 is 0 Å². The Kier molecular flexibility index (Phi) is 23.1. The lowest BCUT2D eigenvalue weighted by Gasteiger charge is -2.33. The van der Waals surface area contributed by atoms with Crippen molar-refractivity contribution in [1.82, 2.24) is 9.80 Å². The molecule has 1 aliphatic heterocycles. The van der Waals surface area contributed by atoms with Crippen molar-refractivity contribution < 1.29 is 0 Å². The summed E-state index contributed by atoms with van der Waals surface area (Å²) in [5.41, 5.74) is 0. The summed E-state index contributed by atoms with van der Waals surface area (Å²) < 4.78 is 0. The molecule has 2 nitrogen and oxygen atoms in total. The quantitative estimate of drug-likeness (QED) is 0.106. The van der Waals surface area contributed by atoms with Gasteiger partial charge in [0.05, 0.1) is 0 Å². The van der Waals surface area contributed by atoms with Gasteiger partial charge in [0.15, 0.2) is 0 Å². The third kappa shape index (κ3) is 18.3. The van der Waals surface area contributed by atoms with Crippen LogP contribution in [0.2, 0.25) is 0 Å². The SMILES string of the molecule is CCCCCCCCCCCCCCCCCCN1C=CN(CCCC)C1CCCCCCCC. The van der Waals surface area contributed by atoms with Gasteiger partial charge in [-0.3, -0.25) is 0 Å². The summed E-state index contributed by atoms with van der Waals surface area (Å²) in [6.07, 6.45) is 41.1. The number of hydrogen-bond acceptors (Lipinski definition) is 2. The minimum absolute atomic E-state index is 0.643. The van der Waals surface area contributed by atoms with Gasteiger partial charge in [-0.2, -0.15) is 0 Å². The zero-order valence-corrected chi connectivity index (χ0v) is 24.7. The maximum absolute atomic E-state index is 2.67. The third-order valence-electron chi connectivity index (χ3n) is 8.07. The first kappa shape index (κ1) is 32.4. The fourth-order valence-corrected chi connectivity index (χ4v) is 5.63. The normalized spacial score (nSPS) is 15.6. The lowest BCUT2D eigenvalue weighted by atomic mass is 10.0. The molecule has 2 heteroatoms. The Balaban J connectivity index is 2.01. The van der Waals surface area contributed by atoms with Gasteiger partial charge in [-0.25, -0.2) is 0 Å². The molecule has 0 aliphatic carbocycles. The van der Waals surface area contributed by atoms with Crippen molar-refractivity contribution in [1.29, 1.82) is 0 Å². The van der Waals surface area contributed by atoms with Crippen molar-refractivity contribution in [3.8, 4) is 0 Å². The van der Waals surface area contributed by atoms with Gasteiger partial charge in [-0.05, 0) is 25.7 Å². The second kappa shape index (κ2) is 25.0. The van der Waals surface area contributed by atoms with E-state index in [2.05, 4.69) is 43.0 Å². The molecule has 1 unspecified atom stereocenters. The Morgan fingerprint density at radius 3 is 1.09 bits per heavy atom. The molecule has 1 aliphatic rings. The Bertz CT molecular complexity index is 446. The van der Waals surface area contributed by atoms with Crippen molar-refractivity contribution in [2.75, 3.05) is 13.1 Å². The Morgan fingerprint density at radius 2 is 0.686 bits per heavy atom. The summed E-state index contributed by atoms with van der Waals surface area (Å²) in [5.74, 6) is 0. The number of unbranched alkanes of at least 4 members (excludes halogenated alkanes) is 21. The first-order chi connectivity index (χ1) is 17.3. The second-order valence-corrected chi connectivity index (χ2v) is 11.5. The molecule has 0 aromatic heterocycles. The van der Waals surface area contributed by atoms with Crippen LogP contribution in [0, 0.1) is 0 Å². The van der Waals surface area contributed by atoms with E-state index in [1.165, 1.54) is 174 Å². The molecular formula is C33H66N2. The van der Waals surface area contributed by atoms with Crippen LogP contribution in [-0.4, -0.2) is 29.1 Å². The van der Waals surface area contributed by atoms with Crippen LogP contribution in [0.4, 0.5) is 0 Å². The monoisotopic (exact) mass is 491 g/mol. The number of rotatable bonds is 27. The zero-order chi connectivity index (χ0) is 25.2. The van der Waals surface area contributed by atoms with Crippen molar-refractivity contribution in [3.05, 3.63) is 12.4 Å². The maximum atomic E-state index is 2.67. The Hall–Kier alpha value is -0.660. The topological polar surface area (TPSA) is 6.48 Å². The predicted molar refractivity (Wildman–Crippen MR) is 159 cm³/mol. The van der Waals surface area contributed by atoms with Crippen molar-refractivity contribution >= 4 is 0 Å². The second-order valence-electron chi connectivity index (χ2n) is 11.5. The van der Waals surface area contributed by atoms with E-state index in [0.29, 0.717) is 6.17 Å². The van der Waals surface area contributed by atoms with Gasteiger partial charge in [0.25, 0.3) is 0 Å². The third-order valence-corrected chi connectivity index (χ3v) is 8.07. The van der Waals surface area contributed by atoms with E-state index < -0.39 is 0 Å². The van der Waals surface area contributed by atoms with Crippen LogP contribution >= 0.6 is 0 Å².